The number of aryl methyl sites for hydroxylation is 2. The first-order valence-corrected chi connectivity index (χ1v) is 6.27. The standard InChI is InChI=1S/C17H14FN/c1-11-3-8-15-16(9-11)12(2)19-10-17(15)13-4-6-14(18)7-5-13/h3-10H,1-2H3. The summed E-state index contributed by atoms with van der Waals surface area (Å²) >= 11 is 0. The van der Waals surface area contributed by atoms with E-state index in [-0.39, 0.29) is 5.82 Å². The molecule has 0 saturated heterocycles. The van der Waals surface area contributed by atoms with Gasteiger partial charge in [0, 0.05) is 22.8 Å². The third-order valence-corrected chi connectivity index (χ3v) is 3.40. The molecule has 2 aromatic carbocycles. The second-order valence-electron chi connectivity index (χ2n) is 4.81. The van der Waals surface area contributed by atoms with E-state index in [1.54, 1.807) is 12.1 Å². The molecule has 0 fully saturated rings. The summed E-state index contributed by atoms with van der Waals surface area (Å²) < 4.78 is 13.0. The van der Waals surface area contributed by atoms with Gasteiger partial charge in [-0.3, -0.25) is 4.98 Å². The van der Waals surface area contributed by atoms with Gasteiger partial charge >= 0.3 is 0 Å². The Balaban J connectivity index is 2.30. The van der Waals surface area contributed by atoms with Gasteiger partial charge in [0.25, 0.3) is 0 Å². The molecule has 3 aromatic rings. The maximum absolute atomic E-state index is 13.0. The first-order valence-electron chi connectivity index (χ1n) is 6.27. The predicted molar refractivity (Wildman–Crippen MR) is 76.6 cm³/mol. The van der Waals surface area contributed by atoms with Gasteiger partial charge in [-0.1, -0.05) is 29.8 Å². The number of nitrogens with zero attached hydrogens (tertiary/aromatic N) is 1. The molecular weight excluding hydrogens is 237 g/mol. The van der Waals surface area contributed by atoms with E-state index in [1.165, 1.54) is 17.7 Å². The summed E-state index contributed by atoms with van der Waals surface area (Å²) in [7, 11) is 0. The number of hydrogen-bond acceptors (Lipinski definition) is 1. The Labute approximate surface area is 111 Å². The summed E-state index contributed by atoms with van der Waals surface area (Å²) in [5.74, 6) is -0.219. The molecule has 0 unspecified atom stereocenters. The van der Waals surface area contributed by atoms with Crippen LogP contribution in [0.5, 0.6) is 0 Å². The van der Waals surface area contributed by atoms with Gasteiger partial charge < -0.3 is 0 Å². The summed E-state index contributed by atoms with van der Waals surface area (Å²) in [4.78, 5) is 4.45. The normalized spacial score (nSPS) is 10.9. The minimum absolute atomic E-state index is 0.219. The van der Waals surface area contributed by atoms with Crippen LogP contribution in [0.15, 0.2) is 48.7 Å². The van der Waals surface area contributed by atoms with Gasteiger partial charge in [-0.15, -0.1) is 0 Å². The molecule has 19 heavy (non-hydrogen) atoms. The van der Waals surface area contributed by atoms with Crippen molar-refractivity contribution < 1.29 is 4.39 Å². The zero-order valence-electron chi connectivity index (χ0n) is 10.9. The van der Waals surface area contributed by atoms with Gasteiger partial charge in [-0.2, -0.15) is 0 Å². The number of halogens is 1. The largest absolute Gasteiger partial charge is 0.260 e. The van der Waals surface area contributed by atoms with E-state index < -0.39 is 0 Å². The van der Waals surface area contributed by atoms with Crippen LogP contribution in [0.2, 0.25) is 0 Å². The van der Waals surface area contributed by atoms with Crippen molar-refractivity contribution in [2.45, 2.75) is 13.8 Å². The molecular formula is C17H14FN. The van der Waals surface area contributed by atoms with E-state index in [2.05, 4.69) is 30.1 Å². The van der Waals surface area contributed by atoms with E-state index in [4.69, 9.17) is 0 Å². The molecule has 0 bridgehead atoms. The third kappa shape index (κ3) is 2.10. The van der Waals surface area contributed by atoms with E-state index >= 15 is 0 Å². The van der Waals surface area contributed by atoms with Gasteiger partial charge in [-0.25, -0.2) is 4.39 Å². The fourth-order valence-electron chi connectivity index (χ4n) is 2.35. The van der Waals surface area contributed by atoms with Gasteiger partial charge in [0.2, 0.25) is 0 Å². The quantitative estimate of drug-likeness (QED) is 0.613. The fourth-order valence-corrected chi connectivity index (χ4v) is 2.35. The Bertz CT molecular complexity index is 745. The fraction of sp³-hybridized carbons (Fsp3) is 0.118. The lowest BCUT2D eigenvalue weighted by Gasteiger charge is -2.09. The Morgan fingerprint density at radius 3 is 2.37 bits per heavy atom. The zero-order valence-corrected chi connectivity index (χ0v) is 10.9. The lowest BCUT2D eigenvalue weighted by molar-refractivity contribution is 0.628. The van der Waals surface area contributed by atoms with Crippen LogP contribution in [-0.4, -0.2) is 4.98 Å². The smallest absolute Gasteiger partial charge is 0.123 e. The Morgan fingerprint density at radius 1 is 0.895 bits per heavy atom. The molecule has 0 saturated carbocycles. The van der Waals surface area contributed by atoms with E-state index in [9.17, 15) is 4.39 Å². The van der Waals surface area contributed by atoms with Crippen LogP contribution in [0.1, 0.15) is 11.3 Å². The molecule has 0 amide bonds. The molecule has 0 spiro atoms. The number of hydrogen-bond donors (Lipinski definition) is 0. The van der Waals surface area contributed by atoms with E-state index in [1.807, 2.05) is 13.1 Å². The van der Waals surface area contributed by atoms with Crippen LogP contribution in [-0.2, 0) is 0 Å². The highest BCUT2D eigenvalue weighted by Crippen LogP contribution is 2.30. The molecule has 94 valence electrons. The molecule has 2 heteroatoms. The minimum Gasteiger partial charge on any atom is -0.260 e. The maximum Gasteiger partial charge on any atom is 0.123 e. The van der Waals surface area contributed by atoms with Crippen molar-refractivity contribution in [1.82, 2.24) is 4.98 Å². The lowest BCUT2D eigenvalue weighted by atomic mass is 9.98. The third-order valence-electron chi connectivity index (χ3n) is 3.40. The number of fused-ring (bicyclic) bond motifs is 1. The van der Waals surface area contributed by atoms with Gasteiger partial charge in [0.05, 0.1) is 0 Å². The lowest BCUT2D eigenvalue weighted by Crippen LogP contribution is -1.89. The van der Waals surface area contributed by atoms with Crippen LogP contribution in [0, 0.1) is 19.7 Å². The maximum atomic E-state index is 13.0. The van der Waals surface area contributed by atoms with Crippen molar-refractivity contribution in [3.8, 4) is 11.1 Å². The summed E-state index contributed by atoms with van der Waals surface area (Å²) in [6.45, 7) is 4.08. The second-order valence-corrected chi connectivity index (χ2v) is 4.81. The number of aromatic nitrogens is 1. The number of pyridine rings is 1. The highest BCUT2D eigenvalue weighted by molar-refractivity contribution is 5.97. The molecule has 0 atom stereocenters. The van der Waals surface area contributed by atoms with Crippen molar-refractivity contribution in [2.75, 3.05) is 0 Å². The molecule has 0 aliphatic heterocycles. The Morgan fingerprint density at radius 2 is 1.63 bits per heavy atom. The zero-order chi connectivity index (χ0) is 13.4. The molecule has 0 N–H and O–H groups in total. The first-order chi connectivity index (χ1) is 9.15. The van der Waals surface area contributed by atoms with Crippen molar-refractivity contribution in [3.05, 3.63) is 65.7 Å². The highest BCUT2D eigenvalue weighted by atomic mass is 19.1. The van der Waals surface area contributed by atoms with E-state index in [0.29, 0.717) is 0 Å². The van der Waals surface area contributed by atoms with Crippen molar-refractivity contribution in [3.63, 3.8) is 0 Å². The second kappa shape index (κ2) is 4.47. The predicted octanol–water partition coefficient (Wildman–Crippen LogP) is 4.66. The Hall–Kier alpha value is -2.22. The van der Waals surface area contributed by atoms with Gasteiger partial charge in [0.15, 0.2) is 0 Å². The number of benzene rings is 2. The van der Waals surface area contributed by atoms with Crippen molar-refractivity contribution in [2.24, 2.45) is 0 Å². The molecule has 0 aliphatic rings. The molecule has 0 aliphatic carbocycles. The SMILES string of the molecule is Cc1ccc2c(-c3ccc(F)cc3)cnc(C)c2c1. The van der Waals surface area contributed by atoms with Gasteiger partial charge in [-0.05, 0) is 43.0 Å². The molecule has 1 heterocycles. The number of rotatable bonds is 1. The van der Waals surface area contributed by atoms with Crippen LogP contribution in [0.25, 0.3) is 21.9 Å². The van der Waals surface area contributed by atoms with Crippen LogP contribution in [0.3, 0.4) is 0 Å². The highest BCUT2D eigenvalue weighted by Gasteiger charge is 2.07. The summed E-state index contributed by atoms with van der Waals surface area (Å²) in [5.41, 5.74) is 4.27. The first kappa shape index (κ1) is 11.8. The van der Waals surface area contributed by atoms with Crippen LogP contribution in [0.4, 0.5) is 4.39 Å². The summed E-state index contributed by atoms with van der Waals surface area (Å²) in [5, 5.41) is 2.31. The average Bonchev–Trinajstić information content (AvgIpc) is 2.41. The van der Waals surface area contributed by atoms with Crippen LogP contribution < -0.4 is 0 Å². The van der Waals surface area contributed by atoms with Crippen molar-refractivity contribution in [1.29, 1.82) is 0 Å². The topological polar surface area (TPSA) is 12.9 Å². The Kier molecular flexibility index (Phi) is 2.79. The van der Waals surface area contributed by atoms with Crippen molar-refractivity contribution >= 4 is 10.8 Å². The summed E-state index contributed by atoms with van der Waals surface area (Å²) in [6, 6.07) is 12.9. The molecule has 1 nitrogen and oxygen atoms in total. The minimum atomic E-state index is -0.219. The summed E-state index contributed by atoms with van der Waals surface area (Å²) in [6.07, 6.45) is 1.86. The van der Waals surface area contributed by atoms with E-state index in [0.717, 1.165) is 27.6 Å². The molecule has 3 rings (SSSR count). The van der Waals surface area contributed by atoms with Crippen LogP contribution >= 0.6 is 0 Å². The molecule has 1 aromatic heterocycles. The molecule has 0 radical (unpaired) electrons. The van der Waals surface area contributed by atoms with Gasteiger partial charge in [0.1, 0.15) is 5.82 Å². The monoisotopic (exact) mass is 251 g/mol. The average molecular weight is 251 g/mol.